The number of alkyl halides is 3. The lowest BCUT2D eigenvalue weighted by atomic mass is 9.92. The SMILES string of the molecule is CO[C@@](C(=O)O[C@@H]1CCCCC1[S@](=O)c1ccccc1[C@@H](C)NC(=O)C(C)(C)C)(c1ccccc1)C(F)(F)F. The number of nitrogens with one attached hydrogen (secondary N) is 1. The van der Waals surface area contributed by atoms with Gasteiger partial charge in [-0.25, -0.2) is 4.79 Å². The van der Waals surface area contributed by atoms with Gasteiger partial charge in [-0.3, -0.25) is 9.00 Å². The van der Waals surface area contributed by atoms with Crippen molar-refractivity contribution in [3.8, 4) is 0 Å². The molecule has 2 aromatic carbocycles. The summed E-state index contributed by atoms with van der Waals surface area (Å²) >= 11 is 0. The molecular formula is C29H36F3NO5S. The van der Waals surface area contributed by atoms with Gasteiger partial charge in [-0.1, -0.05) is 75.7 Å². The lowest BCUT2D eigenvalue weighted by Gasteiger charge is -2.36. The highest BCUT2D eigenvalue weighted by molar-refractivity contribution is 7.85. The molecule has 0 saturated heterocycles. The molecule has 1 aliphatic rings. The molecule has 1 unspecified atom stereocenters. The fourth-order valence-electron chi connectivity index (χ4n) is 4.73. The summed E-state index contributed by atoms with van der Waals surface area (Å²) in [5.41, 5.74) is -3.71. The van der Waals surface area contributed by atoms with E-state index in [-0.39, 0.29) is 12.3 Å². The smallest absolute Gasteiger partial charge is 0.432 e. The van der Waals surface area contributed by atoms with Crippen LogP contribution in [0.1, 0.15) is 70.5 Å². The van der Waals surface area contributed by atoms with Gasteiger partial charge in [-0.15, -0.1) is 0 Å². The van der Waals surface area contributed by atoms with Gasteiger partial charge in [0.1, 0.15) is 6.10 Å². The Balaban J connectivity index is 1.92. The van der Waals surface area contributed by atoms with E-state index >= 15 is 0 Å². The summed E-state index contributed by atoms with van der Waals surface area (Å²) in [6.45, 7) is 7.15. The van der Waals surface area contributed by atoms with Crippen molar-refractivity contribution < 1.29 is 36.4 Å². The van der Waals surface area contributed by atoms with E-state index in [0.717, 1.165) is 19.2 Å². The van der Waals surface area contributed by atoms with Crippen molar-refractivity contribution in [3.63, 3.8) is 0 Å². The minimum Gasteiger partial charge on any atom is -0.458 e. The van der Waals surface area contributed by atoms with Crippen molar-refractivity contribution in [2.75, 3.05) is 7.11 Å². The molecule has 1 amide bonds. The summed E-state index contributed by atoms with van der Waals surface area (Å²) in [5, 5.41) is 2.21. The Morgan fingerprint density at radius 1 is 0.974 bits per heavy atom. The molecule has 1 fully saturated rings. The molecule has 0 aliphatic heterocycles. The van der Waals surface area contributed by atoms with Crippen molar-refractivity contribution in [3.05, 3.63) is 65.7 Å². The van der Waals surface area contributed by atoms with Gasteiger partial charge >= 0.3 is 12.1 Å². The molecule has 214 valence electrons. The standard InChI is InChI=1S/C29H36F3NO5S/c1-19(33-25(34)27(2,3)4)21-15-9-11-17-23(21)39(36)24-18-12-10-16-22(24)38-26(35)28(37-5,29(30,31)32)20-13-7-6-8-14-20/h6-9,11,13-15,17,19,22,24H,10,12,16,18H2,1-5H3,(H,33,34)/t19-,22-,24?,28-,39-/m1/s1. The van der Waals surface area contributed by atoms with E-state index in [2.05, 4.69) is 5.32 Å². The molecule has 0 bridgehead atoms. The van der Waals surface area contributed by atoms with E-state index in [9.17, 15) is 27.0 Å². The third-order valence-corrected chi connectivity index (χ3v) is 8.87. The van der Waals surface area contributed by atoms with Gasteiger partial charge in [0, 0.05) is 23.0 Å². The summed E-state index contributed by atoms with van der Waals surface area (Å²) in [4.78, 5) is 26.3. The highest BCUT2D eigenvalue weighted by Crippen LogP contribution is 2.44. The molecule has 0 spiro atoms. The number of halogens is 3. The maximum atomic E-state index is 14.4. The topological polar surface area (TPSA) is 81.7 Å². The number of hydrogen-bond acceptors (Lipinski definition) is 5. The fourth-order valence-corrected chi connectivity index (χ4v) is 6.59. The molecule has 39 heavy (non-hydrogen) atoms. The van der Waals surface area contributed by atoms with Crippen LogP contribution in [0.15, 0.2) is 59.5 Å². The van der Waals surface area contributed by atoms with Crippen LogP contribution in [0.2, 0.25) is 0 Å². The number of ether oxygens (including phenoxy) is 2. The number of methoxy groups -OCH3 is 1. The molecular weight excluding hydrogens is 531 g/mol. The Hall–Kier alpha value is -2.72. The Bertz CT molecular complexity index is 1180. The molecule has 1 N–H and O–H groups in total. The van der Waals surface area contributed by atoms with Crippen molar-refractivity contribution in [2.24, 2.45) is 5.41 Å². The maximum absolute atomic E-state index is 14.4. The first-order chi connectivity index (χ1) is 18.2. The van der Waals surface area contributed by atoms with Gasteiger partial charge in [0.2, 0.25) is 5.91 Å². The van der Waals surface area contributed by atoms with Gasteiger partial charge in [0.15, 0.2) is 0 Å². The summed E-state index contributed by atoms with van der Waals surface area (Å²) in [6, 6.07) is 13.1. The highest BCUT2D eigenvalue weighted by atomic mass is 32.2. The molecule has 5 atom stereocenters. The zero-order chi connectivity index (χ0) is 29.0. The minimum absolute atomic E-state index is 0.177. The van der Waals surface area contributed by atoms with E-state index < -0.39 is 56.9 Å². The van der Waals surface area contributed by atoms with Crippen LogP contribution in [-0.4, -0.2) is 40.7 Å². The lowest BCUT2D eigenvalue weighted by Crippen LogP contribution is -2.53. The van der Waals surface area contributed by atoms with Crippen LogP contribution in [0.3, 0.4) is 0 Å². The number of hydrogen-bond donors (Lipinski definition) is 1. The minimum atomic E-state index is -5.10. The van der Waals surface area contributed by atoms with Crippen LogP contribution >= 0.6 is 0 Å². The van der Waals surface area contributed by atoms with Crippen LogP contribution in [0.5, 0.6) is 0 Å². The second kappa shape index (κ2) is 12.2. The second-order valence-corrected chi connectivity index (χ2v) is 12.4. The first-order valence-electron chi connectivity index (χ1n) is 12.9. The number of carbonyl (C=O) groups excluding carboxylic acids is 2. The van der Waals surface area contributed by atoms with Crippen molar-refractivity contribution in [1.29, 1.82) is 0 Å². The lowest BCUT2D eigenvalue weighted by molar-refractivity contribution is -0.278. The average molecular weight is 568 g/mol. The van der Waals surface area contributed by atoms with Gasteiger partial charge in [-0.2, -0.15) is 13.2 Å². The van der Waals surface area contributed by atoms with Crippen molar-refractivity contribution >= 4 is 22.7 Å². The highest BCUT2D eigenvalue weighted by Gasteiger charge is 2.64. The van der Waals surface area contributed by atoms with Gasteiger partial charge in [-0.05, 0) is 37.8 Å². The molecule has 0 heterocycles. The molecule has 10 heteroatoms. The van der Waals surface area contributed by atoms with Gasteiger partial charge in [0.05, 0.1) is 22.1 Å². The van der Waals surface area contributed by atoms with Crippen LogP contribution in [-0.2, 0) is 35.5 Å². The average Bonchev–Trinajstić information content (AvgIpc) is 2.88. The fraction of sp³-hybridized carbons (Fsp3) is 0.517. The first-order valence-corrected chi connectivity index (χ1v) is 14.1. The Kier molecular flexibility index (Phi) is 9.64. The number of amides is 1. The monoisotopic (exact) mass is 567 g/mol. The van der Waals surface area contributed by atoms with Crippen molar-refractivity contribution in [2.45, 2.75) is 87.4 Å². The molecule has 1 saturated carbocycles. The van der Waals surface area contributed by atoms with Crippen LogP contribution < -0.4 is 5.32 Å². The molecule has 6 nitrogen and oxygen atoms in total. The molecule has 3 rings (SSSR count). The number of carbonyl (C=O) groups is 2. The van der Waals surface area contributed by atoms with Crippen LogP contribution in [0.4, 0.5) is 13.2 Å². The number of rotatable bonds is 8. The molecule has 2 aromatic rings. The number of benzene rings is 2. The summed E-state index contributed by atoms with van der Waals surface area (Å²) in [7, 11) is -0.908. The zero-order valence-electron chi connectivity index (χ0n) is 22.8. The predicted octanol–water partition coefficient (Wildman–Crippen LogP) is 5.98. The molecule has 0 aromatic heterocycles. The summed E-state index contributed by atoms with van der Waals surface area (Å²) < 4.78 is 67.5. The Labute approximate surface area is 230 Å². The maximum Gasteiger partial charge on any atom is 0.432 e. The van der Waals surface area contributed by atoms with E-state index in [1.165, 1.54) is 18.2 Å². The Morgan fingerprint density at radius 3 is 2.15 bits per heavy atom. The Morgan fingerprint density at radius 2 is 1.56 bits per heavy atom. The quantitative estimate of drug-likeness (QED) is 0.397. The van der Waals surface area contributed by atoms with Crippen LogP contribution in [0, 0.1) is 5.41 Å². The van der Waals surface area contributed by atoms with Gasteiger partial charge in [0.25, 0.3) is 5.60 Å². The first kappa shape index (κ1) is 30.8. The molecule has 0 radical (unpaired) electrons. The van der Waals surface area contributed by atoms with E-state index in [4.69, 9.17) is 9.47 Å². The summed E-state index contributed by atoms with van der Waals surface area (Å²) in [5.74, 6) is -1.76. The zero-order valence-corrected chi connectivity index (χ0v) is 23.7. The van der Waals surface area contributed by atoms with Crippen LogP contribution in [0.25, 0.3) is 0 Å². The van der Waals surface area contributed by atoms with Crippen molar-refractivity contribution in [1.82, 2.24) is 5.32 Å². The largest absolute Gasteiger partial charge is 0.458 e. The van der Waals surface area contributed by atoms with E-state index in [0.29, 0.717) is 29.7 Å². The third-order valence-electron chi connectivity index (χ3n) is 6.98. The second-order valence-electron chi connectivity index (χ2n) is 10.8. The van der Waals surface area contributed by atoms with Gasteiger partial charge < -0.3 is 14.8 Å². The van der Waals surface area contributed by atoms with E-state index in [1.807, 2.05) is 0 Å². The number of esters is 1. The predicted molar refractivity (Wildman–Crippen MR) is 142 cm³/mol. The normalized spacial score (nSPS) is 21.3. The molecule has 1 aliphatic carbocycles. The van der Waals surface area contributed by atoms with E-state index in [1.54, 1.807) is 52.0 Å². The third kappa shape index (κ3) is 6.54. The summed E-state index contributed by atoms with van der Waals surface area (Å²) in [6.07, 6.45) is -4.14.